The van der Waals surface area contributed by atoms with Crippen LogP contribution in [0, 0.1) is 0 Å². The van der Waals surface area contributed by atoms with Gasteiger partial charge in [-0.25, -0.2) is 9.98 Å². The van der Waals surface area contributed by atoms with E-state index in [-0.39, 0.29) is 30.6 Å². The van der Waals surface area contributed by atoms with Crippen molar-refractivity contribution >= 4 is 35.8 Å². The predicted molar refractivity (Wildman–Crippen MR) is 128 cm³/mol. The lowest BCUT2D eigenvalue weighted by Crippen LogP contribution is -2.36. The molecule has 2 rings (SSSR count). The Balaban J connectivity index is 0.00000480. The highest BCUT2D eigenvalue weighted by Gasteiger charge is 2.27. The summed E-state index contributed by atoms with van der Waals surface area (Å²) in [6.45, 7) is 2.44. The van der Waals surface area contributed by atoms with Crippen LogP contribution in [-0.4, -0.2) is 44.4 Å². The highest BCUT2D eigenvalue weighted by atomic mass is 127. The first-order valence-corrected chi connectivity index (χ1v) is 9.63. The largest absolute Gasteiger partial charge is 0.411 e. The molecular formula is C21H29F3IN5O. The van der Waals surface area contributed by atoms with Crippen LogP contribution in [0.15, 0.2) is 47.6 Å². The number of rotatable bonds is 9. The average Bonchev–Trinajstić information content (AvgIpc) is 2.70. The lowest BCUT2D eigenvalue weighted by molar-refractivity contribution is -0.176. The molecule has 0 bridgehead atoms. The first-order chi connectivity index (χ1) is 14.3. The molecule has 10 heteroatoms. The van der Waals surface area contributed by atoms with Crippen molar-refractivity contribution in [3.05, 3.63) is 59.3 Å². The van der Waals surface area contributed by atoms with Crippen LogP contribution in [0.2, 0.25) is 0 Å². The Morgan fingerprint density at radius 3 is 2.35 bits per heavy atom. The molecule has 1 aromatic heterocycles. The van der Waals surface area contributed by atoms with E-state index in [2.05, 4.69) is 25.3 Å². The molecule has 0 radical (unpaired) electrons. The fourth-order valence-corrected chi connectivity index (χ4v) is 2.54. The van der Waals surface area contributed by atoms with Gasteiger partial charge in [-0.2, -0.15) is 13.2 Å². The first kappa shape index (κ1) is 27.0. The number of pyridine rings is 1. The zero-order valence-corrected chi connectivity index (χ0v) is 20.2. The van der Waals surface area contributed by atoms with Gasteiger partial charge in [-0.15, -0.1) is 24.0 Å². The van der Waals surface area contributed by atoms with E-state index in [1.54, 1.807) is 18.3 Å². The highest BCUT2D eigenvalue weighted by Crippen LogP contribution is 2.16. The van der Waals surface area contributed by atoms with Gasteiger partial charge in [0.1, 0.15) is 12.4 Å². The molecular weight excluding hydrogens is 522 g/mol. The number of benzene rings is 1. The lowest BCUT2D eigenvalue weighted by atomic mass is 10.1. The van der Waals surface area contributed by atoms with Crippen molar-refractivity contribution in [1.82, 2.24) is 15.6 Å². The Hall–Kier alpha value is -2.08. The summed E-state index contributed by atoms with van der Waals surface area (Å²) in [5.74, 6) is 1.55. The van der Waals surface area contributed by atoms with Gasteiger partial charge < -0.3 is 20.3 Å². The Morgan fingerprint density at radius 1 is 1.06 bits per heavy atom. The molecule has 0 saturated carbocycles. The Labute approximate surface area is 198 Å². The molecule has 0 amide bonds. The molecule has 0 saturated heterocycles. The molecule has 0 unspecified atom stereocenters. The fourth-order valence-electron chi connectivity index (χ4n) is 2.54. The maximum absolute atomic E-state index is 12.1. The van der Waals surface area contributed by atoms with E-state index >= 15 is 0 Å². The Bertz CT molecular complexity index is 813. The third-order valence-corrected chi connectivity index (χ3v) is 4.05. The Morgan fingerprint density at radius 2 is 1.74 bits per heavy atom. The third-order valence-electron chi connectivity index (χ3n) is 4.05. The van der Waals surface area contributed by atoms with Crippen LogP contribution in [-0.2, 0) is 24.4 Å². The molecule has 0 spiro atoms. The summed E-state index contributed by atoms with van der Waals surface area (Å²) < 4.78 is 41.1. The van der Waals surface area contributed by atoms with Crippen LogP contribution < -0.4 is 15.5 Å². The molecule has 0 aliphatic heterocycles. The fraction of sp³-hybridized carbons (Fsp3) is 0.429. The number of nitrogens with zero attached hydrogens (tertiary/aromatic N) is 3. The number of aliphatic imine (C=N–C) groups is 1. The molecule has 2 aromatic rings. The third kappa shape index (κ3) is 10.7. The van der Waals surface area contributed by atoms with Crippen molar-refractivity contribution in [2.75, 3.05) is 32.1 Å². The molecule has 2 N–H and O–H groups in total. The summed E-state index contributed by atoms with van der Waals surface area (Å²) in [6, 6.07) is 11.2. The standard InChI is InChI=1S/C21H28F3N5O.HI/c1-4-25-20(28-13-18-9-10-26-19(11-18)29(2)3)27-12-16-5-7-17(8-6-16)14-30-15-21(22,23)24;/h5-11H,4,12-15H2,1-3H3,(H2,25,27,28);1H. The van der Waals surface area contributed by atoms with Gasteiger partial charge in [0.05, 0.1) is 13.2 Å². The normalized spacial score (nSPS) is 11.6. The summed E-state index contributed by atoms with van der Waals surface area (Å²) >= 11 is 0. The van der Waals surface area contributed by atoms with Crippen molar-refractivity contribution in [2.45, 2.75) is 32.8 Å². The van der Waals surface area contributed by atoms with Gasteiger partial charge in [0.25, 0.3) is 0 Å². The molecule has 1 heterocycles. The van der Waals surface area contributed by atoms with Gasteiger partial charge in [0, 0.05) is 33.4 Å². The molecule has 0 atom stereocenters. The zero-order chi connectivity index (χ0) is 22.0. The summed E-state index contributed by atoms with van der Waals surface area (Å²) in [7, 11) is 3.88. The maximum atomic E-state index is 12.1. The highest BCUT2D eigenvalue weighted by molar-refractivity contribution is 14.0. The molecule has 0 aliphatic rings. The molecule has 1 aromatic carbocycles. The summed E-state index contributed by atoms with van der Waals surface area (Å²) in [5, 5.41) is 6.46. The quantitative estimate of drug-likeness (QED) is 0.279. The number of halogens is 4. The van der Waals surface area contributed by atoms with Crippen molar-refractivity contribution in [2.24, 2.45) is 4.99 Å². The van der Waals surface area contributed by atoms with E-state index in [1.165, 1.54) is 0 Å². The minimum absolute atomic E-state index is 0. The van der Waals surface area contributed by atoms with E-state index in [4.69, 9.17) is 0 Å². The van der Waals surface area contributed by atoms with Crippen molar-refractivity contribution in [1.29, 1.82) is 0 Å². The van der Waals surface area contributed by atoms with Gasteiger partial charge in [0.2, 0.25) is 0 Å². The second kappa shape index (κ2) is 13.4. The van der Waals surface area contributed by atoms with Crippen molar-refractivity contribution in [3.63, 3.8) is 0 Å². The molecule has 0 fully saturated rings. The number of hydrogen-bond donors (Lipinski definition) is 2. The number of ether oxygens (including phenoxy) is 1. The van der Waals surface area contributed by atoms with Gasteiger partial charge in [0.15, 0.2) is 5.96 Å². The maximum Gasteiger partial charge on any atom is 0.411 e. The van der Waals surface area contributed by atoms with Crippen LogP contribution in [0.4, 0.5) is 19.0 Å². The zero-order valence-electron chi connectivity index (χ0n) is 17.9. The number of alkyl halides is 3. The number of aromatic nitrogens is 1. The topological polar surface area (TPSA) is 61.8 Å². The number of anilines is 1. The molecule has 172 valence electrons. The second-order valence-electron chi connectivity index (χ2n) is 6.89. The van der Waals surface area contributed by atoms with E-state index in [0.29, 0.717) is 24.6 Å². The van der Waals surface area contributed by atoms with Crippen molar-refractivity contribution in [3.8, 4) is 0 Å². The van der Waals surface area contributed by atoms with Gasteiger partial charge in [-0.05, 0) is 35.7 Å². The van der Waals surface area contributed by atoms with Gasteiger partial charge >= 0.3 is 6.18 Å². The SMILES string of the molecule is CCNC(=NCc1ccnc(N(C)C)c1)NCc1ccc(COCC(F)(F)F)cc1.I. The lowest BCUT2D eigenvalue weighted by Gasteiger charge is -2.13. The van der Waals surface area contributed by atoms with Gasteiger partial charge in [-0.1, -0.05) is 24.3 Å². The summed E-state index contributed by atoms with van der Waals surface area (Å²) in [6.07, 6.45) is -2.54. The number of hydrogen-bond acceptors (Lipinski definition) is 4. The molecule has 0 aliphatic carbocycles. The minimum atomic E-state index is -4.31. The van der Waals surface area contributed by atoms with E-state index in [1.807, 2.05) is 50.2 Å². The van der Waals surface area contributed by atoms with Crippen LogP contribution in [0.1, 0.15) is 23.6 Å². The van der Waals surface area contributed by atoms with Crippen LogP contribution in [0.25, 0.3) is 0 Å². The molecule has 6 nitrogen and oxygen atoms in total. The van der Waals surface area contributed by atoms with Crippen LogP contribution in [0.5, 0.6) is 0 Å². The minimum Gasteiger partial charge on any atom is -0.367 e. The molecule has 31 heavy (non-hydrogen) atoms. The predicted octanol–water partition coefficient (Wildman–Crippen LogP) is 4.10. The smallest absolute Gasteiger partial charge is 0.367 e. The average molecular weight is 551 g/mol. The Kier molecular flexibility index (Phi) is 11.6. The number of nitrogens with one attached hydrogen (secondary N) is 2. The summed E-state index contributed by atoms with van der Waals surface area (Å²) in [5.41, 5.74) is 2.73. The van der Waals surface area contributed by atoms with E-state index in [9.17, 15) is 13.2 Å². The second-order valence-corrected chi connectivity index (χ2v) is 6.89. The van der Waals surface area contributed by atoms with Crippen LogP contribution >= 0.6 is 24.0 Å². The van der Waals surface area contributed by atoms with E-state index in [0.717, 1.165) is 23.5 Å². The number of guanidine groups is 1. The van der Waals surface area contributed by atoms with E-state index < -0.39 is 12.8 Å². The monoisotopic (exact) mass is 551 g/mol. The summed E-state index contributed by atoms with van der Waals surface area (Å²) in [4.78, 5) is 10.8. The van der Waals surface area contributed by atoms with Crippen LogP contribution in [0.3, 0.4) is 0 Å². The van der Waals surface area contributed by atoms with Crippen molar-refractivity contribution < 1.29 is 17.9 Å². The van der Waals surface area contributed by atoms with Gasteiger partial charge in [-0.3, -0.25) is 0 Å². The first-order valence-electron chi connectivity index (χ1n) is 9.63.